The number of hydrogen-bond acceptors (Lipinski definition) is 4. The Morgan fingerprint density at radius 3 is 2.80 bits per heavy atom. The van der Waals surface area contributed by atoms with Gasteiger partial charge in [-0.25, -0.2) is 9.50 Å². The molecular formula is C24H31N5O. The molecular weight excluding hydrogens is 374 g/mol. The monoisotopic (exact) mass is 405 g/mol. The molecule has 3 heterocycles. The first kappa shape index (κ1) is 20.5. The molecule has 6 nitrogen and oxygen atoms in total. The van der Waals surface area contributed by atoms with Gasteiger partial charge in [-0.3, -0.25) is 4.79 Å². The van der Waals surface area contributed by atoms with E-state index < -0.39 is 0 Å². The van der Waals surface area contributed by atoms with Gasteiger partial charge in [-0.1, -0.05) is 37.3 Å². The van der Waals surface area contributed by atoms with E-state index in [0.717, 1.165) is 47.0 Å². The van der Waals surface area contributed by atoms with E-state index in [1.165, 1.54) is 25.9 Å². The summed E-state index contributed by atoms with van der Waals surface area (Å²) in [5.41, 5.74) is 5.18. The molecule has 2 aromatic heterocycles. The maximum Gasteiger partial charge on any atom is 0.254 e. The van der Waals surface area contributed by atoms with E-state index in [1.54, 1.807) is 10.7 Å². The quantitative estimate of drug-likeness (QED) is 0.633. The molecule has 1 amide bonds. The van der Waals surface area contributed by atoms with Crippen LogP contribution in [0.2, 0.25) is 0 Å². The predicted molar refractivity (Wildman–Crippen MR) is 120 cm³/mol. The smallest absolute Gasteiger partial charge is 0.254 e. The zero-order valence-electron chi connectivity index (χ0n) is 18.2. The van der Waals surface area contributed by atoms with Gasteiger partial charge in [0.2, 0.25) is 0 Å². The van der Waals surface area contributed by atoms with Crippen molar-refractivity contribution in [1.29, 1.82) is 0 Å². The van der Waals surface area contributed by atoms with Crippen LogP contribution in [0.1, 0.15) is 47.9 Å². The first-order valence-corrected chi connectivity index (χ1v) is 11.0. The number of likely N-dealkylation sites (tertiary alicyclic amines) is 1. The van der Waals surface area contributed by atoms with E-state index in [4.69, 9.17) is 0 Å². The van der Waals surface area contributed by atoms with E-state index in [2.05, 4.69) is 39.4 Å². The highest BCUT2D eigenvalue weighted by molar-refractivity contribution is 5.95. The molecule has 6 heteroatoms. The molecule has 1 aromatic carbocycles. The summed E-state index contributed by atoms with van der Waals surface area (Å²) in [5, 5.41) is 7.73. The molecule has 0 spiro atoms. The summed E-state index contributed by atoms with van der Waals surface area (Å²) >= 11 is 0. The van der Waals surface area contributed by atoms with Gasteiger partial charge < -0.3 is 10.2 Å². The number of carbonyl (C=O) groups excluding carboxylic acids is 1. The normalized spacial score (nSPS) is 17.4. The maximum atomic E-state index is 12.8. The number of amides is 1. The Labute approximate surface area is 178 Å². The van der Waals surface area contributed by atoms with Crippen LogP contribution in [0.25, 0.3) is 16.8 Å². The SMILES string of the molecule is Cc1nn2c(C)c(C(=O)NCCCN3CCCC(C)C3)cnc2c1-c1ccccc1. The molecule has 1 atom stereocenters. The van der Waals surface area contributed by atoms with Crippen molar-refractivity contribution in [3.63, 3.8) is 0 Å². The van der Waals surface area contributed by atoms with Crippen LogP contribution in [-0.4, -0.2) is 51.6 Å². The molecule has 3 aromatic rings. The van der Waals surface area contributed by atoms with Crippen LogP contribution in [-0.2, 0) is 0 Å². The van der Waals surface area contributed by atoms with Gasteiger partial charge >= 0.3 is 0 Å². The van der Waals surface area contributed by atoms with Crippen LogP contribution in [0.4, 0.5) is 0 Å². The highest BCUT2D eigenvalue weighted by atomic mass is 16.1. The van der Waals surface area contributed by atoms with Gasteiger partial charge in [-0.05, 0) is 57.7 Å². The minimum Gasteiger partial charge on any atom is -0.352 e. The zero-order chi connectivity index (χ0) is 21.1. The van der Waals surface area contributed by atoms with E-state index in [1.807, 2.05) is 32.0 Å². The number of nitrogens with zero attached hydrogens (tertiary/aromatic N) is 4. The summed E-state index contributed by atoms with van der Waals surface area (Å²) in [4.78, 5) is 19.9. The number of carbonyl (C=O) groups is 1. The average Bonchev–Trinajstić information content (AvgIpc) is 3.09. The van der Waals surface area contributed by atoms with Crippen LogP contribution in [0.15, 0.2) is 36.5 Å². The van der Waals surface area contributed by atoms with Crippen molar-refractivity contribution < 1.29 is 4.79 Å². The van der Waals surface area contributed by atoms with Crippen molar-refractivity contribution in [2.24, 2.45) is 5.92 Å². The van der Waals surface area contributed by atoms with E-state index >= 15 is 0 Å². The summed E-state index contributed by atoms with van der Waals surface area (Å²) in [6, 6.07) is 10.1. The Morgan fingerprint density at radius 2 is 2.03 bits per heavy atom. The van der Waals surface area contributed by atoms with Crippen molar-refractivity contribution >= 4 is 11.6 Å². The Bertz CT molecular complexity index is 1030. The second kappa shape index (κ2) is 8.96. The number of hydrogen-bond donors (Lipinski definition) is 1. The Morgan fingerprint density at radius 1 is 1.23 bits per heavy atom. The van der Waals surface area contributed by atoms with Gasteiger partial charge in [0.25, 0.3) is 5.91 Å². The number of fused-ring (bicyclic) bond motifs is 1. The van der Waals surface area contributed by atoms with Crippen LogP contribution in [0.5, 0.6) is 0 Å². The summed E-state index contributed by atoms with van der Waals surface area (Å²) < 4.78 is 1.79. The Kier molecular flexibility index (Phi) is 6.13. The fourth-order valence-electron chi connectivity index (χ4n) is 4.46. The second-order valence-corrected chi connectivity index (χ2v) is 8.48. The highest BCUT2D eigenvalue weighted by Gasteiger charge is 2.19. The fraction of sp³-hybridized carbons (Fsp3) is 0.458. The van der Waals surface area contributed by atoms with Crippen molar-refractivity contribution in [2.45, 2.75) is 40.0 Å². The summed E-state index contributed by atoms with van der Waals surface area (Å²) in [6.45, 7) is 10.3. The van der Waals surface area contributed by atoms with Gasteiger partial charge in [0.15, 0.2) is 5.65 Å². The van der Waals surface area contributed by atoms with E-state index in [9.17, 15) is 4.79 Å². The lowest BCUT2D eigenvalue weighted by Crippen LogP contribution is -2.36. The molecule has 0 aliphatic carbocycles. The molecule has 158 valence electrons. The summed E-state index contributed by atoms with van der Waals surface area (Å²) in [5.74, 6) is 0.704. The standard InChI is InChI=1S/C24H31N5O/c1-17-9-7-13-28(16-17)14-8-12-25-24(30)21-15-26-23-22(20-10-5-4-6-11-20)18(2)27-29(23)19(21)3/h4-6,10-11,15,17H,7-9,12-14,16H2,1-3H3,(H,25,30). The molecule has 1 fully saturated rings. The number of piperidine rings is 1. The van der Waals surface area contributed by atoms with E-state index in [-0.39, 0.29) is 5.91 Å². The molecule has 1 aliphatic heterocycles. The van der Waals surface area contributed by atoms with Crippen LogP contribution >= 0.6 is 0 Å². The number of aromatic nitrogens is 3. The summed E-state index contributed by atoms with van der Waals surface area (Å²) in [7, 11) is 0. The maximum absolute atomic E-state index is 12.8. The van der Waals surface area contributed by atoms with Crippen molar-refractivity contribution in [1.82, 2.24) is 24.8 Å². The number of benzene rings is 1. The van der Waals surface area contributed by atoms with Gasteiger partial charge in [-0.15, -0.1) is 0 Å². The van der Waals surface area contributed by atoms with Crippen molar-refractivity contribution in [3.05, 3.63) is 53.5 Å². The largest absolute Gasteiger partial charge is 0.352 e. The van der Waals surface area contributed by atoms with Gasteiger partial charge in [-0.2, -0.15) is 5.10 Å². The molecule has 0 bridgehead atoms. The second-order valence-electron chi connectivity index (χ2n) is 8.48. The van der Waals surface area contributed by atoms with Gasteiger partial charge in [0.05, 0.1) is 17.0 Å². The average molecular weight is 406 g/mol. The minimum absolute atomic E-state index is 0.0803. The third-order valence-corrected chi connectivity index (χ3v) is 6.04. The van der Waals surface area contributed by atoms with E-state index in [0.29, 0.717) is 12.1 Å². The molecule has 1 unspecified atom stereocenters. The van der Waals surface area contributed by atoms with Crippen LogP contribution in [0.3, 0.4) is 0 Å². The topological polar surface area (TPSA) is 62.5 Å². The molecule has 1 saturated heterocycles. The third kappa shape index (κ3) is 4.24. The van der Waals surface area contributed by atoms with Crippen LogP contribution < -0.4 is 5.32 Å². The molecule has 0 radical (unpaired) electrons. The highest BCUT2D eigenvalue weighted by Crippen LogP contribution is 2.27. The first-order valence-electron chi connectivity index (χ1n) is 11.0. The van der Waals surface area contributed by atoms with Crippen LogP contribution in [0, 0.1) is 19.8 Å². The van der Waals surface area contributed by atoms with Gasteiger partial charge in [0.1, 0.15) is 0 Å². The molecule has 0 saturated carbocycles. The third-order valence-electron chi connectivity index (χ3n) is 6.04. The molecule has 30 heavy (non-hydrogen) atoms. The Hall–Kier alpha value is -2.73. The summed E-state index contributed by atoms with van der Waals surface area (Å²) in [6.07, 6.45) is 5.26. The number of nitrogens with one attached hydrogen (secondary N) is 1. The minimum atomic E-state index is -0.0803. The first-order chi connectivity index (χ1) is 14.5. The lowest BCUT2D eigenvalue weighted by molar-refractivity contribution is 0.0948. The number of rotatable bonds is 6. The van der Waals surface area contributed by atoms with Crippen molar-refractivity contribution in [3.8, 4) is 11.1 Å². The number of aryl methyl sites for hydroxylation is 2. The lowest BCUT2D eigenvalue weighted by atomic mass is 10.0. The van der Waals surface area contributed by atoms with Gasteiger partial charge in [0, 0.05) is 24.8 Å². The Balaban J connectivity index is 1.44. The fourth-order valence-corrected chi connectivity index (χ4v) is 4.46. The predicted octanol–water partition coefficient (Wildman–Crippen LogP) is 3.86. The van der Waals surface area contributed by atoms with Crippen molar-refractivity contribution in [2.75, 3.05) is 26.2 Å². The molecule has 1 aliphatic rings. The molecule has 4 rings (SSSR count). The lowest BCUT2D eigenvalue weighted by Gasteiger charge is -2.30. The zero-order valence-corrected chi connectivity index (χ0v) is 18.2. The molecule has 1 N–H and O–H groups in total.